The van der Waals surface area contributed by atoms with Crippen LogP contribution in [-0.2, 0) is 16.1 Å². The maximum Gasteiger partial charge on any atom is 0.323 e. The van der Waals surface area contributed by atoms with Crippen LogP contribution in [0.5, 0.6) is 0 Å². The highest BCUT2D eigenvalue weighted by molar-refractivity contribution is 6.33. The van der Waals surface area contributed by atoms with Crippen molar-refractivity contribution < 1.29 is 14.7 Å². The van der Waals surface area contributed by atoms with Gasteiger partial charge in [-0.15, -0.1) is 0 Å². The number of benzene rings is 2. The van der Waals surface area contributed by atoms with Gasteiger partial charge in [0.15, 0.2) is 0 Å². The molecule has 1 aliphatic heterocycles. The van der Waals surface area contributed by atoms with Crippen molar-refractivity contribution in [1.29, 1.82) is 0 Å². The van der Waals surface area contributed by atoms with Crippen LogP contribution in [0, 0.1) is 0 Å². The average Bonchev–Trinajstić information content (AvgIpc) is 3.14. The van der Waals surface area contributed by atoms with E-state index >= 15 is 0 Å². The molecule has 0 aliphatic carbocycles. The number of anilines is 1. The van der Waals surface area contributed by atoms with Gasteiger partial charge in [0, 0.05) is 27.7 Å². The van der Waals surface area contributed by atoms with Gasteiger partial charge in [-0.05, 0) is 37.3 Å². The first-order valence-corrected chi connectivity index (χ1v) is 8.99. The van der Waals surface area contributed by atoms with Crippen LogP contribution in [0.1, 0.15) is 12.5 Å². The third kappa shape index (κ3) is 3.18. The minimum atomic E-state index is -0.929. The fourth-order valence-corrected chi connectivity index (χ4v) is 3.47. The van der Waals surface area contributed by atoms with Gasteiger partial charge in [0.05, 0.1) is 17.0 Å². The lowest BCUT2D eigenvalue weighted by Gasteiger charge is -2.11. The number of hydrogen-bond donors (Lipinski definition) is 1. The zero-order chi connectivity index (χ0) is 19.8. The largest absolute Gasteiger partial charge is 0.480 e. The quantitative estimate of drug-likeness (QED) is 0.675. The van der Waals surface area contributed by atoms with Gasteiger partial charge < -0.3 is 9.67 Å². The zero-order valence-electron chi connectivity index (χ0n) is 15.0. The molecule has 2 aromatic carbocycles. The number of nitrogens with zero attached hydrogens (tertiary/aromatic N) is 3. The molecule has 28 heavy (non-hydrogen) atoms. The van der Waals surface area contributed by atoms with E-state index in [9.17, 15) is 9.59 Å². The molecule has 1 amide bonds. The lowest BCUT2D eigenvalue weighted by molar-refractivity contribution is -0.137. The van der Waals surface area contributed by atoms with Gasteiger partial charge in [-0.2, -0.15) is 10.1 Å². The molecule has 7 heteroatoms. The molecule has 1 aromatic heterocycles. The number of aromatic nitrogens is 1. The molecule has 0 bridgehead atoms. The summed E-state index contributed by atoms with van der Waals surface area (Å²) in [5.74, 6) is -1.18. The highest BCUT2D eigenvalue weighted by atomic mass is 35.5. The summed E-state index contributed by atoms with van der Waals surface area (Å²) in [6, 6.07) is 14.4. The number of aliphatic carboxylic acids is 1. The van der Waals surface area contributed by atoms with Gasteiger partial charge in [0.25, 0.3) is 5.91 Å². The van der Waals surface area contributed by atoms with Crippen molar-refractivity contribution in [2.75, 3.05) is 5.01 Å². The Morgan fingerprint density at radius 2 is 2.00 bits per heavy atom. The summed E-state index contributed by atoms with van der Waals surface area (Å²) in [4.78, 5) is 24.1. The Balaban J connectivity index is 1.77. The maximum absolute atomic E-state index is 13.0. The average molecular weight is 394 g/mol. The SMILES string of the molecule is CC1=NN(c2cccc(Cl)c2)C(=O)/C1=C\c1cn(CC(=O)O)c2ccccc12. The van der Waals surface area contributed by atoms with Crippen LogP contribution in [0.15, 0.2) is 65.4 Å². The van der Waals surface area contributed by atoms with Crippen molar-refractivity contribution in [2.45, 2.75) is 13.5 Å². The molecule has 1 N–H and O–H groups in total. The van der Waals surface area contributed by atoms with E-state index in [4.69, 9.17) is 16.7 Å². The first-order valence-electron chi connectivity index (χ1n) is 8.61. The maximum atomic E-state index is 13.0. The van der Waals surface area contributed by atoms with Crippen LogP contribution in [0.25, 0.3) is 17.0 Å². The van der Waals surface area contributed by atoms with Crippen molar-refractivity contribution in [3.63, 3.8) is 0 Å². The minimum absolute atomic E-state index is 0.153. The predicted octanol–water partition coefficient (Wildman–Crippen LogP) is 4.19. The highest BCUT2D eigenvalue weighted by Gasteiger charge is 2.29. The number of hydrogen-bond acceptors (Lipinski definition) is 3. The van der Waals surface area contributed by atoms with Crippen molar-refractivity contribution in [2.24, 2.45) is 5.10 Å². The van der Waals surface area contributed by atoms with Crippen LogP contribution in [0.4, 0.5) is 5.69 Å². The summed E-state index contributed by atoms with van der Waals surface area (Å²) < 4.78 is 1.66. The number of carboxylic acid groups (broad SMARTS) is 1. The first-order chi connectivity index (χ1) is 13.4. The molecule has 4 rings (SSSR count). The van der Waals surface area contributed by atoms with E-state index in [2.05, 4.69) is 5.10 Å². The van der Waals surface area contributed by atoms with Gasteiger partial charge >= 0.3 is 5.97 Å². The normalized spacial score (nSPS) is 15.5. The molecular weight excluding hydrogens is 378 g/mol. The minimum Gasteiger partial charge on any atom is -0.480 e. The second-order valence-corrected chi connectivity index (χ2v) is 6.90. The fraction of sp³-hybridized carbons (Fsp3) is 0.0952. The number of amides is 1. The molecule has 0 fully saturated rings. The number of halogens is 1. The lowest BCUT2D eigenvalue weighted by Crippen LogP contribution is -2.21. The number of carboxylic acids is 1. The Labute approximate surface area is 165 Å². The number of carbonyl (C=O) groups excluding carboxylic acids is 1. The summed E-state index contributed by atoms with van der Waals surface area (Å²) >= 11 is 6.03. The highest BCUT2D eigenvalue weighted by Crippen LogP contribution is 2.29. The smallest absolute Gasteiger partial charge is 0.323 e. The number of rotatable bonds is 4. The Morgan fingerprint density at radius 1 is 1.21 bits per heavy atom. The van der Waals surface area contributed by atoms with Crippen molar-refractivity contribution in [3.05, 3.63) is 70.9 Å². The summed E-state index contributed by atoms with van der Waals surface area (Å²) in [5, 5.41) is 16.2. The Bertz CT molecular complexity index is 1180. The molecule has 0 radical (unpaired) electrons. The van der Waals surface area contributed by atoms with Crippen molar-refractivity contribution in [1.82, 2.24) is 4.57 Å². The van der Waals surface area contributed by atoms with Gasteiger partial charge in [0.2, 0.25) is 0 Å². The number of fused-ring (bicyclic) bond motifs is 1. The van der Waals surface area contributed by atoms with E-state index in [1.165, 1.54) is 5.01 Å². The molecule has 0 spiro atoms. The van der Waals surface area contributed by atoms with Crippen LogP contribution in [-0.4, -0.2) is 27.3 Å². The van der Waals surface area contributed by atoms with E-state index in [-0.39, 0.29) is 12.5 Å². The second kappa shape index (κ2) is 6.98. The third-order valence-electron chi connectivity index (χ3n) is 4.54. The molecule has 0 saturated carbocycles. The first kappa shape index (κ1) is 18.0. The number of hydrazone groups is 1. The van der Waals surface area contributed by atoms with E-state index in [0.717, 1.165) is 16.5 Å². The Hall–Kier alpha value is -3.38. The Kier molecular flexibility index (Phi) is 4.49. The fourth-order valence-electron chi connectivity index (χ4n) is 3.29. The molecule has 140 valence electrons. The summed E-state index contributed by atoms with van der Waals surface area (Å²) in [6.07, 6.45) is 3.50. The number of carbonyl (C=O) groups is 2. The summed E-state index contributed by atoms with van der Waals surface area (Å²) in [6.45, 7) is 1.62. The molecule has 0 unspecified atom stereocenters. The third-order valence-corrected chi connectivity index (χ3v) is 4.78. The lowest BCUT2D eigenvalue weighted by atomic mass is 10.1. The zero-order valence-corrected chi connectivity index (χ0v) is 15.7. The standard InChI is InChI=1S/C21H16ClN3O3/c1-13-18(21(28)25(23-13)16-6-4-5-15(22)10-16)9-14-11-24(12-20(26)27)19-8-3-2-7-17(14)19/h2-11H,12H2,1H3,(H,26,27)/b18-9-. The van der Waals surface area contributed by atoms with Crippen LogP contribution in [0.2, 0.25) is 5.02 Å². The molecule has 6 nitrogen and oxygen atoms in total. The second-order valence-electron chi connectivity index (χ2n) is 6.46. The molecule has 2 heterocycles. The molecular formula is C21H16ClN3O3. The van der Waals surface area contributed by atoms with E-state index in [1.807, 2.05) is 24.3 Å². The Morgan fingerprint density at radius 3 is 2.75 bits per heavy atom. The van der Waals surface area contributed by atoms with Crippen LogP contribution in [0.3, 0.4) is 0 Å². The predicted molar refractivity (Wildman–Crippen MR) is 110 cm³/mol. The van der Waals surface area contributed by atoms with Crippen molar-refractivity contribution >= 4 is 51.9 Å². The molecule has 1 aliphatic rings. The molecule has 0 saturated heterocycles. The van der Waals surface area contributed by atoms with Gasteiger partial charge in [-0.25, -0.2) is 0 Å². The van der Waals surface area contributed by atoms with Gasteiger partial charge in [-0.1, -0.05) is 35.9 Å². The van der Waals surface area contributed by atoms with E-state index < -0.39 is 5.97 Å². The monoisotopic (exact) mass is 393 g/mol. The van der Waals surface area contributed by atoms with Crippen molar-refractivity contribution in [3.8, 4) is 0 Å². The van der Waals surface area contributed by atoms with Crippen LogP contribution < -0.4 is 5.01 Å². The van der Waals surface area contributed by atoms with Crippen LogP contribution >= 0.6 is 11.6 Å². The van der Waals surface area contributed by atoms with E-state index in [1.54, 1.807) is 48.0 Å². The molecule has 0 atom stereocenters. The van der Waals surface area contributed by atoms with Gasteiger partial charge in [0.1, 0.15) is 6.54 Å². The van der Waals surface area contributed by atoms with E-state index in [0.29, 0.717) is 22.0 Å². The number of para-hydroxylation sites is 1. The topological polar surface area (TPSA) is 74.9 Å². The summed E-state index contributed by atoms with van der Waals surface area (Å²) in [7, 11) is 0. The molecule has 3 aromatic rings. The van der Waals surface area contributed by atoms with Gasteiger partial charge in [-0.3, -0.25) is 9.59 Å². The summed E-state index contributed by atoms with van der Waals surface area (Å²) in [5.41, 5.74) is 3.19.